The number of nitrogens with zero attached hydrogens (tertiary/aromatic N) is 2. The van der Waals surface area contributed by atoms with Crippen LogP contribution in [0.2, 0.25) is 0 Å². The average molecular weight is 412 g/mol. The summed E-state index contributed by atoms with van der Waals surface area (Å²) in [6.07, 6.45) is 1.52. The lowest BCUT2D eigenvalue weighted by Crippen LogP contribution is -2.37. The number of hydrogen-bond donors (Lipinski definition) is 2. The molecule has 2 amide bonds. The summed E-state index contributed by atoms with van der Waals surface area (Å²) in [5.74, 6) is 0.547. The second kappa shape index (κ2) is 8.81. The fourth-order valence-electron chi connectivity index (χ4n) is 2.65. The first-order valence-corrected chi connectivity index (χ1v) is 9.53. The molecule has 2 N–H and O–H groups in total. The van der Waals surface area contributed by atoms with Crippen molar-refractivity contribution in [3.63, 3.8) is 0 Å². The van der Waals surface area contributed by atoms with Crippen LogP contribution >= 0.6 is 0 Å². The number of hydrogen-bond acceptors (Lipinski definition) is 7. The van der Waals surface area contributed by atoms with E-state index >= 15 is 0 Å². The summed E-state index contributed by atoms with van der Waals surface area (Å²) in [6, 6.07) is 8.75. The summed E-state index contributed by atoms with van der Waals surface area (Å²) in [4.78, 5) is 27.8. The molecule has 0 radical (unpaired) electrons. The molecule has 158 valence electrons. The van der Waals surface area contributed by atoms with Gasteiger partial charge in [-0.05, 0) is 45.4 Å². The first-order chi connectivity index (χ1) is 14.2. The second-order valence-electron chi connectivity index (χ2n) is 7.50. The Bertz CT molecular complexity index is 1040. The first kappa shape index (κ1) is 21.1. The molecule has 0 aliphatic carbocycles. The van der Waals surface area contributed by atoms with Crippen LogP contribution in [0.25, 0.3) is 11.0 Å². The Kier molecular flexibility index (Phi) is 6.20. The number of carbonyl (C=O) groups excluding carboxylic acids is 2. The maximum absolute atomic E-state index is 12.0. The average Bonchev–Trinajstić information content (AvgIpc) is 3.11. The van der Waals surface area contributed by atoms with Crippen LogP contribution in [0.5, 0.6) is 11.6 Å². The quantitative estimate of drug-likeness (QED) is 0.628. The predicted molar refractivity (Wildman–Crippen MR) is 111 cm³/mol. The Morgan fingerprint density at radius 3 is 2.63 bits per heavy atom. The lowest BCUT2D eigenvalue weighted by atomic mass is 10.1. The molecule has 0 fully saturated rings. The fraction of sp³-hybridized carbons (Fsp3) is 0.333. The zero-order valence-corrected chi connectivity index (χ0v) is 17.3. The molecular weight excluding hydrogens is 388 g/mol. The van der Waals surface area contributed by atoms with Crippen LogP contribution < -0.4 is 15.4 Å². The molecule has 0 aliphatic heterocycles. The number of ether oxygens (including phenoxy) is 2. The van der Waals surface area contributed by atoms with Crippen molar-refractivity contribution < 1.29 is 23.6 Å². The number of carbonyl (C=O) groups is 2. The number of pyridine rings is 1. The summed E-state index contributed by atoms with van der Waals surface area (Å²) >= 11 is 0. The van der Waals surface area contributed by atoms with Gasteiger partial charge in [-0.3, -0.25) is 4.79 Å². The van der Waals surface area contributed by atoms with Crippen LogP contribution in [0.4, 0.5) is 10.5 Å². The molecular formula is C21H24N4O5. The Morgan fingerprint density at radius 2 is 1.97 bits per heavy atom. The van der Waals surface area contributed by atoms with Crippen LogP contribution in [0.1, 0.15) is 33.4 Å². The zero-order valence-electron chi connectivity index (χ0n) is 17.3. The van der Waals surface area contributed by atoms with Crippen LogP contribution in [-0.2, 0) is 16.0 Å². The highest BCUT2D eigenvalue weighted by molar-refractivity contribution is 5.93. The van der Waals surface area contributed by atoms with Gasteiger partial charge in [-0.25, -0.2) is 9.78 Å². The van der Waals surface area contributed by atoms with E-state index in [9.17, 15) is 9.59 Å². The number of rotatable bonds is 6. The third-order valence-electron chi connectivity index (χ3n) is 3.89. The molecule has 3 rings (SSSR count). The van der Waals surface area contributed by atoms with Gasteiger partial charge in [-0.1, -0.05) is 18.1 Å². The number of fused-ring (bicyclic) bond motifs is 1. The van der Waals surface area contributed by atoms with Gasteiger partial charge in [0.05, 0.1) is 23.0 Å². The highest BCUT2D eigenvalue weighted by Crippen LogP contribution is 2.32. The summed E-state index contributed by atoms with van der Waals surface area (Å²) in [6.45, 7) is 7.00. The van der Waals surface area contributed by atoms with Gasteiger partial charge in [0.15, 0.2) is 5.58 Å². The second-order valence-corrected chi connectivity index (χ2v) is 7.50. The van der Waals surface area contributed by atoms with Crippen molar-refractivity contribution >= 4 is 28.7 Å². The third kappa shape index (κ3) is 5.47. The van der Waals surface area contributed by atoms with Crippen molar-refractivity contribution in [1.29, 1.82) is 0 Å². The minimum Gasteiger partial charge on any atom is -0.444 e. The smallest absolute Gasteiger partial charge is 0.408 e. The molecule has 0 atom stereocenters. The number of aryl methyl sites for hydroxylation is 1. The Balaban J connectivity index is 1.59. The molecule has 0 saturated carbocycles. The van der Waals surface area contributed by atoms with Crippen molar-refractivity contribution in [2.45, 2.75) is 39.7 Å². The van der Waals surface area contributed by atoms with Crippen molar-refractivity contribution in [3.8, 4) is 11.6 Å². The van der Waals surface area contributed by atoms with Crippen LogP contribution in [-0.4, -0.2) is 34.3 Å². The third-order valence-corrected chi connectivity index (χ3v) is 3.89. The lowest BCUT2D eigenvalue weighted by molar-refractivity contribution is -0.115. The van der Waals surface area contributed by atoms with E-state index in [1.165, 1.54) is 6.20 Å². The summed E-state index contributed by atoms with van der Waals surface area (Å²) in [7, 11) is 0. The molecule has 0 unspecified atom stereocenters. The molecule has 30 heavy (non-hydrogen) atoms. The van der Waals surface area contributed by atoms with Gasteiger partial charge in [-0.15, -0.1) is 0 Å². The van der Waals surface area contributed by atoms with Crippen molar-refractivity contribution in [2.75, 3.05) is 11.9 Å². The number of alkyl carbamates (subject to hydrolysis) is 1. The molecule has 0 bridgehead atoms. The zero-order chi connectivity index (χ0) is 21.7. The van der Waals surface area contributed by atoms with Gasteiger partial charge in [-0.2, -0.15) is 0 Å². The highest BCUT2D eigenvalue weighted by atomic mass is 16.6. The number of aromatic nitrogens is 2. The fourth-order valence-corrected chi connectivity index (χ4v) is 2.65. The number of nitrogens with one attached hydrogen (secondary N) is 2. The molecule has 0 saturated heterocycles. The summed E-state index contributed by atoms with van der Waals surface area (Å²) in [5.41, 5.74) is 1.29. The number of amides is 2. The molecule has 9 heteroatoms. The van der Waals surface area contributed by atoms with Gasteiger partial charge in [0.1, 0.15) is 17.9 Å². The van der Waals surface area contributed by atoms with Gasteiger partial charge in [0, 0.05) is 6.07 Å². The van der Waals surface area contributed by atoms with E-state index in [1.54, 1.807) is 32.9 Å². The SMILES string of the molecule is CCc1noc2cccc(Oc3ccc(NC(=O)CNC(=O)OC(C)(C)C)cn3)c12. The monoisotopic (exact) mass is 412 g/mol. The normalized spacial score (nSPS) is 11.2. The molecule has 0 aliphatic rings. The lowest BCUT2D eigenvalue weighted by Gasteiger charge is -2.19. The standard InChI is InChI=1S/C21H24N4O5/c1-5-14-19-15(7-6-8-16(19)30-25-14)28-18-10-9-13(11-22-18)24-17(26)12-23-20(27)29-21(2,3)4/h6-11H,5,12H2,1-4H3,(H,23,27)(H,24,26). The molecule has 0 spiro atoms. The summed E-state index contributed by atoms with van der Waals surface area (Å²) < 4.78 is 16.3. The van der Waals surface area contributed by atoms with E-state index in [0.717, 1.165) is 11.1 Å². The van der Waals surface area contributed by atoms with E-state index in [4.69, 9.17) is 14.0 Å². The largest absolute Gasteiger partial charge is 0.444 e. The van der Waals surface area contributed by atoms with Crippen molar-refractivity contribution in [2.24, 2.45) is 0 Å². The molecule has 1 aromatic carbocycles. The van der Waals surface area contributed by atoms with E-state index in [-0.39, 0.29) is 6.54 Å². The number of anilines is 1. The van der Waals surface area contributed by atoms with Gasteiger partial charge < -0.3 is 24.6 Å². The number of benzene rings is 1. The van der Waals surface area contributed by atoms with Crippen LogP contribution in [0, 0.1) is 0 Å². The Labute approximate surface area is 173 Å². The molecule has 2 aromatic heterocycles. The topological polar surface area (TPSA) is 116 Å². The van der Waals surface area contributed by atoms with Gasteiger partial charge in [0.2, 0.25) is 11.8 Å². The van der Waals surface area contributed by atoms with Gasteiger partial charge >= 0.3 is 6.09 Å². The van der Waals surface area contributed by atoms with E-state index in [1.807, 2.05) is 25.1 Å². The first-order valence-electron chi connectivity index (χ1n) is 9.53. The highest BCUT2D eigenvalue weighted by Gasteiger charge is 2.17. The maximum Gasteiger partial charge on any atom is 0.408 e. The van der Waals surface area contributed by atoms with Crippen LogP contribution in [0.15, 0.2) is 41.1 Å². The Morgan fingerprint density at radius 1 is 1.17 bits per heavy atom. The molecule has 3 aromatic rings. The van der Waals surface area contributed by atoms with Gasteiger partial charge in [0.25, 0.3) is 0 Å². The molecule has 9 nitrogen and oxygen atoms in total. The van der Waals surface area contributed by atoms with E-state index in [2.05, 4.69) is 20.8 Å². The minimum atomic E-state index is -0.658. The van der Waals surface area contributed by atoms with Crippen molar-refractivity contribution in [3.05, 3.63) is 42.2 Å². The maximum atomic E-state index is 12.0. The van der Waals surface area contributed by atoms with E-state index in [0.29, 0.717) is 29.3 Å². The van der Waals surface area contributed by atoms with Crippen LogP contribution in [0.3, 0.4) is 0 Å². The summed E-state index contributed by atoms with van der Waals surface area (Å²) in [5, 5.41) is 9.90. The Hall–Kier alpha value is -3.62. The van der Waals surface area contributed by atoms with E-state index < -0.39 is 17.6 Å². The minimum absolute atomic E-state index is 0.220. The predicted octanol–water partition coefficient (Wildman–Crippen LogP) is 4.04. The van der Waals surface area contributed by atoms with Crippen molar-refractivity contribution in [1.82, 2.24) is 15.5 Å². The molecule has 2 heterocycles.